The first-order valence-electron chi connectivity index (χ1n) is 10.9. The van der Waals surface area contributed by atoms with Crippen LogP contribution in [0.4, 0.5) is 5.69 Å². The van der Waals surface area contributed by atoms with E-state index < -0.39 is 5.91 Å². The van der Waals surface area contributed by atoms with Crippen molar-refractivity contribution in [3.8, 4) is 0 Å². The van der Waals surface area contributed by atoms with Gasteiger partial charge in [-0.15, -0.1) is 5.10 Å². The number of nitrogens with zero attached hydrogens (tertiary/aromatic N) is 7. The van der Waals surface area contributed by atoms with Gasteiger partial charge < -0.3 is 10.6 Å². The number of hydrogen-bond acceptors (Lipinski definition) is 7. The topological polar surface area (TPSA) is 133 Å². The third-order valence-corrected chi connectivity index (χ3v) is 5.43. The first-order valence-corrected chi connectivity index (χ1v) is 10.9. The standard InChI is InChI=1S/C24H21N9O2/c34-23(20-8-7-17(14-32-13-11-28-31-32)18-4-1-2-5-19(18)20)30-21-6-3-9-26-22(21)24(35)27-10-12-33-16-25-15-29-33/h1-9,11,13,15-16H,10,12,14H2,(H,27,35)(H,30,34). The summed E-state index contributed by atoms with van der Waals surface area (Å²) in [4.78, 5) is 34.1. The summed E-state index contributed by atoms with van der Waals surface area (Å²) < 4.78 is 3.34. The molecule has 5 aromatic rings. The molecule has 0 saturated heterocycles. The highest BCUT2D eigenvalue weighted by molar-refractivity contribution is 6.15. The molecule has 0 atom stereocenters. The van der Waals surface area contributed by atoms with Gasteiger partial charge in [-0.05, 0) is 34.5 Å². The number of anilines is 1. The first-order chi connectivity index (χ1) is 17.2. The van der Waals surface area contributed by atoms with Crippen molar-refractivity contribution in [2.24, 2.45) is 0 Å². The molecular formula is C24H21N9O2. The summed E-state index contributed by atoms with van der Waals surface area (Å²) in [6, 6.07) is 14.7. The van der Waals surface area contributed by atoms with Gasteiger partial charge in [0.15, 0.2) is 5.69 Å². The lowest BCUT2D eigenvalue weighted by Gasteiger charge is -2.13. The molecule has 35 heavy (non-hydrogen) atoms. The van der Waals surface area contributed by atoms with Crippen LogP contribution in [0.3, 0.4) is 0 Å². The van der Waals surface area contributed by atoms with Crippen LogP contribution in [0.15, 0.2) is 79.8 Å². The van der Waals surface area contributed by atoms with Crippen LogP contribution in [0.5, 0.6) is 0 Å². The number of pyridine rings is 1. The van der Waals surface area contributed by atoms with Crippen LogP contribution in [0.25, 0.3) is 10.8 Å². The molecule has 174 valence electrons. The van der Waals surface area contributed by atoms with Gasteiger partial charge in [-0.1, -0.05) is 35.5 Å². The van der Waals surface area contributed by atoms with Crippen molar-refractivity contribution >= 4 is 28.3 Å². The third kappa shape index (κ3) is 4.88. The molecule has 3 heterocycles. The Kier molecular flexibility index (Phi) is 6.20. The maximum Gasteiger partial charge on any atom is 0.272 e. The van der Waals surface area contributed by atoms with E-state index in [1.54, 1.807) is 46.3 Å². The number of nitrogens with one attached hydrogen (secondary N) is 2. The summed E-state index contributed by atoms with van der Waals surface area (Å²) in [6.07, 6.45) is 7.92. The lowest BCUT2D eigenvalue weighted by atomic mass is 9.99. The van der Waals surface area contributed by atoms with Gasteiger partial charge in [0.25, 0.3) is 11.8 Å². The number of rotatable bonds is 8. The van der Waals surface area contributed by atoms with Crippen LogP contribution < -0.4 is 10.6 Å². The van der Waals surface area contributed by atoms with Gasteiger partial charge in [0.2, 0.25) is 0 Å². The summed E-state index contributed by atoms with van der Waals surface area (Å²) in [6.45, 7) is 1.33. The number of carbonyl (C=O) groups excluding carboxylic acids is 2. The Morgan fingerprint density at radius 2 is 1.80 bits per heavy atom. The lowest BCUT2D eigenvalue weighted by Crippen LogP contribution is -2.29. The molecular weight excluding hydrogens is 446 g/mol. The monoisotopic (exact) mass is 467 g/mol. The van der Waals surface area contributed by atoms with Gasteiger partial charge in [-0.25, -0.2) is 14.6 Å². The van der Waals surface area contributed by atoms with Crippen LogP contribution in [0.2, 0.25) is 0 Å². The van der Waals surface area contributed by atoms with Crippen molar-refractivity contribution in [1.29, 1.82) is 0 Å². The zero-order chi connectivity index (χ0) is 24.0. The number of carbonyl (C=O) groups is 2. The molecule has 5 rings (SSSR count). The highest BCUT2D eigenvalue weighted by atomic mass is 16.2. The van der Waals surface area contributed by atoms with Crippen molar-refractivity contribution in [2.75, 3.05) is 11.9 Å². The van der Waals surface area contributed by atoms with E-state index in [-0.39, 0.29) is 11.6 Å². The van der Waals surface area contributed by atoms with Gasteiger partial charge in [0.1, 0.15) is 12.7 Å². The van der Waals surface area contributed by atoms with E-state index in [1.165, 1.54) is 12.5 Å². The van der Waals surface area contributed by atoms with Crippen LogP contribution in [-0.4, -0.2) is 53.1 Å². The van der Waals surface area contributed by atoms with Crippen molar-refractivity contribution in [3.63, 3.8) is 0 Å². The van der Waals surface area contributed by atoms with Gasteiger partial charge >= 0.3 is 0 Å². The Morgan fingerprint density at radius 1 is 0.914 bits per heavy atom. The predicted octanol–water partition coefficient (Wildman–Crippen LogP) is 2.15. The molecule has 0 aliphatic carbocycles. The summed E-state index contributed by atoms with van der Waals surface area (Å²) in [5, 5.41) is 19.3. The molecule has 3 aromatic heterocycles. The van der Waals surface area contributed by atoms with Gasteiger partial charge in [-0.3, -0.25) is 14.3 Å². The Labute approximate surface area is 199 Å². The van der Waals surface area contributed by atoms with Gasteiger partial charge in [0, 0.05) is 24.5 Å². The summed E-state index contributed by atoms with van der Waals surface area (Å²) in [5.74, 6) is -0.729. The van der Waals surface area contributed by atoms with E-state index in [9.17, 15) is 9.59 Å². The van der Waals surface area contributed by atoms with E-state index in [0.717, 1.165) is 16.3 Å². The molecule has 2 N–H and O–H groups in total. The maximum absolute atomic E-state index is 13.3. The molecule has 0 aliphatic heterocycles. The van der Waals surface area contributed by atoms with Crippen LogP contribution in [0, 0.1) is 0 Å². The zero-order valence-electron chi connectivity index (χ0n) is 18.6. The highest BCUT2D eigenvalue weighted by Crippen LogP contribution is 2.25. The minimum Gasteiger partial charge on any atom is -0.349 e. The minimum absolute atomic E-state index is 0.131. The molecule has 2 aromatic carbocycles. The van der Waals surface area contributed by atoms with Crippen LogP contribution >= 0.6 is 0 Å². The van der Waals surface area contributed by atoms with Gasteiger partial charge in [-0.2, -0.15) is 5.10 Å². The average Bonchev–Trinajstić information content (AvgIpc) is 3.59. The normalized spacial score (nSPS) is 10.9. The largest absolute Gasteiger partial charge is 0.349 e. The van der Waals surface area contributed by atoms with E-state index in [1.807, 2.05) is 30.3 Å². The fraction of sp³-hybridized carbons (Fsp3) is 0.125. The number of benzene rings is 2. The molecule has 0 radical (unpaired) electrons. The summed E-state index contributed by atoms with van der Waals surface area (Å²) in [7, 11) is 0. The van der Waals surface area contributed by atoms with Crippen molar-refractivity contribution in [1.82, 2.24) is 40.1 Å². The Balaban J connectivity index is 1.35. The molecule has 11 nitrogen and oxygen atoms in total. The number of hydrogen-bond donors (Lipinski definition) is 2. The van der Waals surface area contributed by atoms with E-state index in [2.05, 4.69) is 36.0 Å². The minimum atomic E-state index is -0.394. The van der Waals surface area contributed by atoms with Crippen LogP contribution in [-0.2, 0) is 13.1 Å². The molecule has 0 aliphatic rings. The highest BCUT2D eigenvalue weighted by Gasteiger charge is 2.18. The van der Waals surface area contributed by atoms with Crippen LogP contribution in [0.1, 0.15) is 26.4 Å². The second kappa shape index (κ2) is 9.91. The molecule has 0 spiro atoms. The lowest BCUT2D eigenvalue weighted by molar-refractivity contribution is 0.0948. The molecule has 0 unspecified atom stereocenters. The summed E-state index contributed by atoms with van der Waals surface area (Å²) in [5.41, 5.74) is 1.96. The quantitative estimate of drug-likeness (QED) is 0.357. The van der Waals surface area contributed by atoms with Crippen molar-refractivity contribution in [2.45, 2.75) is 13.1 Å². The zero-order valence-corrected chi connectivity index (χ0v) is 18.6. The van der Waals surface area contributed by atoms with E-state index >= 15 is 0 Å². The molecule has 2 amide bonds. The van der Waals surface area contributed by atoms with Crippen molar-refractivity contribution < 1.29 is 9.59 Å². The molecule has 0 bridgehead atoms. The molecule has 0 saturated carbocycles. The Hall–Kier alpha value is -4.93. The second-order valence-electron chi connectivity index (χ2n) is 7.69. The SMILES string of the molecule is O=C(NCCn1cncn1)c1ncccc1NC(=O)c1ccc(Cn2ccnn2)c2ccccc12. The number of fused-ring (bicyclic) bond motifs is 1. The number of amides is 2. The second-order valence-corrected chi connectivity index (χ2v) is 7.69. The summed E-state index contributed by atoms with van der Waals surface area (Å²) >= 11 is 0. The first kappa shape index (κ1) is 21.9. The third-order valence-electron chi connectivity index (χ3n) is 5.43. The average molecular weight is 467 g/mol. The fourth-order valence-electron chi connectivity index (χ4n) is 3.78. The predicted molar refractivity (Wildman–Crippen MR) is 128 cm³/mol. The smallest absolute Gasteiger partial charge is 0.272 e. The maximum atomic E-state index is 13.3. The van der Waals surface area contributed by atoms with E-state index in [0.29, 0.717) is 30.9 Å². The van der Waals surface area contributed by atoms with E-state index in [4.69, 9.17) is 0 Å². The number of aromatic nitrogens is 7. The van der Waals surface area contributed by atoms with Gasteiger partial charge in [0.05, 0.1) is 25.0 Å². The molecule has 11 heteroatoms. The molecule has 0 fully saturated rings. The van der Waals surface area contributed by atoms with Crippen molar-refractivity contribution in [3.05, 3.63) is 96.6 Å². The Bertz CT molecular complexity index is 1460. The fourth-order valence-corrected chi connectivity index (χ4v) is 3.78. The Morgan fingerprint density at radius 3 is 2.60 bits per heavy atom.